The van der Waals surface area contributed by atoms with E-state index in [-0.39, 0.29) is 41.0 Å². The summed E-state index contributed by atoms with van der Waals surface area (Å²) in [5, 5.41) is 14.2. The third-order valence-electron chi connectivity index (χ3n) is 7.33. The molecule has 0 spiro atoms. The van der Waals surface area contributed by atoms with Crippen LogP contribution in [0.1, 0.15) is 52.2 Å². The topological polar surface area (TPSA) is 109 Å². The summed E-state index contributed by atoms with van der Waals surface area (Å²) in [6.45, 7) is 6.43. The normalized spacial score (nSPS) is 36.2. The second-order valence-corrected chi connectivity index (χ2v) is 11.1. The summed E-state index contributed by atoms with van der Waals surface area (Å²) in [4.78, 5) is 12.7. The van der Waals surface area contributed by atoms with Crippen LogP contribution in [0.15, 0.2) is 22.8 Å². The van der Waals surface area contributed by atoms with Gasteiger partial charge in [-0.3, -0.25) is 4.79 Å². The predicted octanol–water partition coefficient (Wildman–Crippen LogP) is 2.27. The van der Waals surface area contributed by atoms with Crippen molar-refractivity contribution in [2.75, 3.05) is 6.26 Å². The molecular formula is C21H34N2O5S. The standard InChI is InChI=1S/C21H34N2O5S/c1-13(20(25)22-12-15-6-5-11-28-15)16-7-9-21(3)10-8-17(23-29(4,26)27)14(2)18(21)19(16)24/h5-6,11,13-14,16-19,23-24H,7-10,12H2,1-4H3,(H,22,25)/t13-,14-,16-,17-,18+,19-,21+/m0/s1. The maximum atomic E-state index is 12.7. The number of carbonyl (C=O) groups excluding carboxylic acids is 1. The van der Waals surface area contributed by atoms with Gasteiger partial charge in [0.05, 0.1) is 25.2 Å². The Labute approximate surface area is 173 Å². The van der Waals surface area contributed by atoms with E-state index >= 15 is 0 Å². The van der Waals surface area contributed by atoms with Crippen LogP contribution in [0.5, 0.6) is 0 Å². The van der Waals surface area contributed by atoms with Crippen LogP contribution in [0.4, 0.5) is 0 Å². The Morgan fingerprint density at radius 3 is 2.69 bits per heavy atom. The molecule has 1 amide bonds. The van der Waals surface area contributed by atoms with Crippen molar-refractivity contribution in [3.8, 4) is 0 Å². The second kappa shape index (κ2) is 8.40. The maximum Gasteiger partial charge on any atom is 0.223 e. The number of sulfonamides is 1. The SMILES string of the molecule is C[C@@H]1[C@@H]2[C@@H](O)[C@H]([C@H](C)C(=O)NCc3ccco3)CC[C@]2(C)CC[C@@H]1NS(C)(=O)=O. The van der Waals surface area contributed by atoms with Crippen molar-refractivity contribution < 1.29 is 22.7 Å². The van der Waals surface area contributed by atoms with Gasteiger partial charge in [0.1, 0.15) is 5.76 Å². The van der Waals surface area contributed by atoms with Crippen LogP contribution in [0.25, 0.3) is 0 Å². The molecule has 0 aliphatic heterocycles. The number of aliphatic hydroxyl groups excluding tert-OH is 1. The number of carbonyl (C=O) groups is 1. The van der Waals surface area contributed by atoms with Gasteiger partial charge in [0.2, 0.25) is 15.9 Å². The molecule has 2 aliphatic carbocycles. The van der Waals surface area contributed by atoms with Crippen LogP contribution in [0.3, 0.4) is 0 Å². The molecule has 1 heterocycles. The van der Waals surface area contributed by atoms with Crippen molar-refractivity contribution in [3.05, 3.63) is 24.2 Å². The van der Waals surface area contributed by atoms with Gasteiger partial charge in [-0.15, -0.1) is 0 Å². The largest absolute Gasteiger partial charge is 0.467 e. The lowest BCUT2D eigenvalue weighted by molar-refractivity contribution is -0.141. The predicted molar refractivity (Wildman–Crippen MR) is 110 cm³/mol. The van der Waals surface area contributed by atoms with Crippen LogP contribution < -0.4 is 10.0 Å². The van der Waals surface area contributed by atoms with Crippen molar-refractivity contribution in [3.63, 3.8) is 0 Å². The van der Waals surface area contributed by atoms with Crippen molar-refractivity contribution in [1.82, 2.24) is 10.0 Å². The van der Waals surface area contributed by atoms with E-state index in [1.165, 1.54) is 6.26 Å². The Bertz CT molecular complexity index is 809. The fourth-order valence-electron chi connectivity index (χ4n) is 5.68. The lowest BCUT2D eigenvalue weighted by atomic mass is 9.52. The Morgan fingerprint density at radius 1 is 1.38 bits per heavy atom. The molecule has 2 aliphatic rings. The first-order valence-electron chi connectivity index (χ1n) is 10.5. The van der Waals surface area contributed by atoms with E-state index in [1.54, 1.807) is 12.3 Å². The van der Waals surface area contributed by atoms with E-state index in [9.17, 15) is 18.3 Å². The number of amides is 1. The smallest absolute Gasteiger partial charge is 0.223 e. The van der Waals surface area contributed by atoms with E-state index in [0.717, 1.165) is 25.7 Å². The number of aliphatic hydroxyl groups is 1. The summed E-state index contributed by atoms with van der Waals surface area (Å²) in [5.41, 5.74) is -0.0324. The highest BCUT2D eigenvalue weighted by Gasteiger charge is 2.53. The summed E-state index contributed by atoms with van der Waals surface area (Å²) >= 11 is 0. The molecule has 3 N–H and O–H groups in total. The Morgan fingerprint density at radius 2 is 2.07 bits per heavy atom. The molecule has 29 heavy (non-hydrogen) atoms. The quantitative estimate of drug-likeness (QED) is 0.647. The van der Waals surface area contributed by atoms with Crippen molar-refractivity contribution in [1.29, 1.82) is 0 Å². The van der Waals surface area contributed by atoms with Gasteiger partial charge >= 0.3 is 0 Å². The zero-order chi connectivity index (χ0) is 21.4. The van der Waals surface area contributed by atoms with Gasteiger partial charge < -0.3 is 14.8 Å². The molecule has 7 nitrogen and oxygen atoms in total. The molecule has 2 fully saturated rings. The molecule has 1 aromatic rings. The Hall–Kier alpha value is -1.38. The average molecular weight is 427 g/mol. The van der Waals surface area contributed by atoms with Crippen LogP contribution in [0, 0.1) is 29.1 Å². The second-order valence-electron chi connectivity index (χ2n) is 9.35. The van der Waals surface area contributed by atoms with Gasteiger partial charge in [0.15, 0.2) is 0 Å². The van der Waals surface area contributed by atoms with Crippen molar-refractivity contribution >= 4 is 15.9 Å². The van der Waals surface area contributed by atoms with E-state index in [4.69, 9.17) is 4.42 Å². The van der Waals surface area contributed by atoms with Gasteiger partial charge in [0, 0.05) is 12.0 Å². The van der Waals surface area contributed by atoms with Crippen molar-refractivity contribution in [2.24, 2.45) is 29.1 Å². The monoisotopic (exact) mass is 426 g/mol. The Kier molecular flexibility index (Phi) is 6.46. The fraction of sp³-hybridized carbons (Fsp3) is 0.762. The third kappa shape index (κ3) is 4.86. The zero-order valence-corrected chi connectivity index (χ0v) is 18.5. The Balaban J connectivity index is 1.70. The van der Waals surface area contributed by atoms with Crippen molar-refractivity contribution in [2.45, 2.75) is 65.1 Å². The van der Waals surface area contributed by atoms with Gasteiger partial charge in [-0.05, 0) is 61.0 Å². The van der Waals surface area contributed by atoms with E-state index in [1.807, 2.05) is 19.9 Å². The molecule has 7 atom stereocenters. The first kappa shape index (κ1) is 22.3. The fourth-order valence-corrected chi connectivity index (χ4v) is 6.56. The molecule has 0 bridgehead atoms. The summed E-state index contributed by atoms with van der Waals surface area (Å²) < 4.78 is 31.5. The maximum absolute atomic E-state index is 12.7. The molecule has 0 aromatic carbocycles. The van der Waals surface area contributed by atoms with Gasteiger partial charge in [-0.25, -0.2) is 13.1 Å². The van der Waals surface area contributed by atoms with Crippen LogP contribution in [0.2, 0.25) is 0 Å². The molecule has 8 heteroatoms. The number of furan rings is 1. The summed E-state index contributed by atoms with van der Waals surface area (Å²) in [6.07, 6.45) is 5.49. The lowest BCUT2D eigenvalue weighted by Gasteiger charge is -2.56. The molecule has 3 rings (SSSR count). The van der Waals surface area contributed by atoms with Crippen LogP contribution in [-0.2, 0) is 21.4 Å². The first-order valence-corrected chi connectivity index (χ1v) is 12.4. The average Bonchev–Trinajstić information content (AvgIpc) is 3.14. The number of fused-ring (bicyclic) bond motifs is 1. The molecule has 1 aromatic heterocycles. The van der Waals surface area contributed by atoms with E-state index in [2.05, 4.69) is 17.0 Å². The molecule has 0 radical (unpaired) electrons. The number of nitrogens with one attached hydrogen (secondary N) is 2. The highest BCUT2D eigenvalue weighted by Crippen LogP contribution is 2.55. The van der Waals surface area contributed by atoms with Gasteiger partial charge in [-0.1, -0.05) is 20.8 Å². The summed E-state index contributed by atoms with van der Waals surface area (Å²) in [7, 11) is -3.31. The number of rotatable bonds is 6. The minimum atomic E-state index is -3.31. The first-order chi connectivity index (χ1) is 13.5. The van der Waals surface area contributed by atoms with Crippen LogP contribution >= 0.6 is 0 Å². The highest BCUT2D eigenvalue weighted by molar-refractivity contribution is 7.88. The molecule has 0 saturated heterocycles. The number of hydrogen-bond acceptors (Lipinski definition) is 5. The molecular weight excluding hydrogens is 392 g/mol. The number of hydrogen-bond donors (Lipinski definition) is 3. The van der Waals surface area contributed by atoms with E-state index in [0.29, 0.717) is 12.3 Å². The summed E-state index contributed by atoms with van der Waals surface area (Å²) in [5.74, 6) is 0.0690. The van der Waals surface area contributed by atoms with Gasteiger partial charge in [0.25, 0.3) is 0 Å². The third-order valence-corrected chi connectivity index (χ3v) is 8.06. The highest BCUT2D eigenvalue weighted by atomic mass is 32.2. The van der Waals surface area contributed by atoms with Crippen LogP contribution in [-0.4, -0.2) is 37.8 Å². The summed E-state index contributed by atoms with van der Waals surface area (Å²) in [6, 6.07) is 3.41. The van der Waals surface area contributed by atoms with Gasteiger partial charge in [-0.2, -0.15) is 0 Å². The zero-order valence-electron chi connectivity index (χ0n) is 17.7. The minimum absolute atomic E-state index is 0.000319. The molecule has 2 saturated carbocycles. The molecule has 0 unspecified atom stereocenters. The lowest BCUT2D eigenvalue weighted by Crippen LogP contribution is -2.58. The minimum Gasteiger partial charge on any atom is -0.467 e. The molecule has 164 valence electrons. The van der Waals surface area contributed by atoms with E-state index < -0.39 is 16.1 Å².